The van der Waals surface area contributed by atoms with Crippen molar-refractivity contribution in [3.8, 4) is 0 Å². The van der Waals surface area contributed by atoms with E-state index < -0.39 is 25.7 Å². The lowest BCUT2D eigenvalue weighted by Gasteiger charge is -2.35. The molecule has 0 radical (unpaired) electrons. The number of ether oxygens (including phenoxy) is 2. The summed E-state index contributed by atoms with van der Waals surface area (Å²) in [5.41, 5.74) is 2.82. The predicted octanol–water partition coefficient (Wildman–Crippen LogP) is 5.53. The number of anilines is 1. The van der Waals surface area contributed by atoms with Crippen molar-refractivity contribution >= 4 is 31.9 Å². The van der Waals surface area contributed by atoms with Crippen molar-refractivity contribution < 1.29 is 28.4 Å². The van der Waals surface area contributed by atoms with E-state index in [4.69, 9.17) is 9.47 Å². The number of amides is 2. The topological polar surface area (TPSA) is 90.0 Å². The minimum Gasteiger partial charge on any atom is -0.461 e. The van der Waals surface area contributed by atoms with E-state index in [1.54, 1.807) is 48.5 Å². The molecule has 0 N–H and O–H groups in total. The number of carbonyl (C=O) groups is 3. The number of imide groups is 1. The van der Waals surface area contributed by atoms with Crippen LogP contribution in [0, 0.1) is 11.8 Å². The van der Waals surface area contributed by atoms with E-state index in [-0.39, 0.29) is 30.8 Å². The van der Waals surface area contributed by atoms with E-state index in [2.05, 4.69) is 0 Å². The minimum atomic E-state index is -1.52. The van der Waals surface area contributed by atoms with Gasteiger partial charge in [-0.05, 0) is 47.7 Å². The molecule has 0 aliphatic carbocycles. The molecule has 0 spiro atoms. The van der Waals surface area contributed by atoms with Gasteiger partial charge in [0.15, 0.2) is 0 Å². The Bertz CT molecular complexity index is 1290. The zero-order chi connectivity index (χ0) is 27.3. The molecule has 8 heteroatoms. The average molecular weight is 534 g/mol. The molecule has 0 fully saturated rings. The number of methoxy groups -OCH3 is 1. The highest BCUT2D eigenvalue weighted by atomic mass is 31.1. The Morgan fingerprint density at radius 2 is 1.45 bits per heavy atom. The molecule has 7 nitrogen and oxygen atoms in total. The smallest absolute Gasteiger partial charge is 0.312 e. The molecular weight excluding hydrogens is 501 g/mol. The highest BCUT2D eigenvalue weighted by molar-refractivity contribution is 7.25. The quantitative estimate of drug-likeness (QED) is 0.183. The molecule has 1 aliphatic rings. The number of benzene rings is 3. The number of hydrogen-bond donors (Lipinski definition) is 0. The number of nitrogens with zero attached hydrogens (tertiary/aromatic N) is 1. The molecular formula is C30H32NO6P. The largest absolute Gasteiger partial charge is 0.461 e. The van der Waals surface area contributed by atoms with Crippen molar-refractivity contribution in [2.24, 2.45) is 11.8 Å². The van der Waals surface area contributed by atoms with Crippen LogP contribution in [0.4, 0.5) is 5.69 Å². The molecule has 3 aromatic rings. The van der Waals surface area contributed by atoms with Gasteiger partial charge in [-0.15, -0.1) is 0 Å². The van der Waals surface area contributed by atoms with Crippen LogP contribution < -0.4 is 4.90 Å². The molecule has 4 rings (SSSR count). The highest BCUT2D eigenvalue weighted by Gasteiger charge is 2.44. The van der Waals surface area contributed by atoms with E-state index in [1.807, 2.05) is 44.2 Å². The first-order valence-corrected chi connectivity index (χ1v) is 13.6. The lowest BCUT2D eigenvalue weighted by molar-refractivity contribution is -0.158. The Balaban J connectivity index is 1.55. The van der Waals surface area contributed by atoms with Crippen molar-refractivity contribution in [3.05, 3.63) is 101 Å². The highest BCUT2D eigenvalue weighted by Crippen LogP contribution is 2.41. The van der Waals surface area contributed by atoms with Gasteiger partial charge < -0.3 is 14.0 Å². The summed E-state index contributed by atoms with van der Waals surface area (Å²) >= 11 is 0. The van der Waals surface area contributed by atoms with Crippen molar-refractivity contribution in [1.82, 2.24) is 0 Å². The van der Waals surface area contributed by atoms with Gasteiger partial charge in [-0.1, -0.05) is 68.4 Å². The zero-order valence-corrected chi connectivity index (χ0v) is 22.9. The Hall–Kier alpha value is -3.54. The Morgan fingerprint density at radius 3 is 1.97 bits per heavy atom. The summed E-state index contributed by atoms with van der Waals surface area (Å²) in [6.45, 7) is 4.11. The van der Waals surface area contributed by atoms with Crippen molar-refractivity contribution in [1.29, 1.82) is 0 Å². The Labute approximate surface area is 224 Å². The summed E-state index contributed by atoms with van der Waals surface area (Å²) in [4.78, 5) is 40.1. The van der Waals surface area contributed by atoms with Gasteiger partial charge in [-0.3, -0.25) is 14.4 Å². The summed E-state index contributed by atoms with van der Waals surface area (Å²) in [7, 11) is -0.0492. The van der Waals surface area contributed by atoms with Crippen LogP contribution in [0.15, 0.2) is 78.9 Å². The lowest BCUT2D eigenvalue weighted by atomic mass is 9.87. The van der Waals surface area contributed by atoms with Gasteiger partial charge in [-0.2, -0.15) is 0 Å². The summed E-state index contributed by atoms with van der Waals surface area (Å²) in [6.07, 6.45) is 0.659. The van der Waals surface area contributed by atoms with E-state index in [1.165, 1.54) is 7.11 Å². The zero-order valence-electron chi connectivity index (χ0n) is 21.8. The first-order chi connectivity index (χ1) is 18.3. The number of esters is 1. The van der Waals surface area contributed by atoms with E-state index >= 15 is 0 Å². The molecule has 1 heterocycles. The molecule has 3 atom stereocenters. The second-order valence-corrected chi connectivity index (χ2v) is 11.1. The van der Waals surface area contributed by atoms with Gasteiger partial charge in [0.1, 0.15) is 11.9 Å². The second kappa shape index (κ2) is 11.9. The molecule has 3 unspecified atom stereocenters. The average Bonchev–Trinajstić information content (AvgIpc) is 3.20. The summed E-state index contributed by atoms with van der Waals surface area (Å²) in [5.74, 6) is -1.78. The molecule has 3 aromatic carbocycles. The van der Waals surface area contributed by atoms with Crippen LogP contribution in [-0.4, -0.2) is 30.2 Å². The fraction of sp³-hybridized carbons (Fsp3) is 0.300. The Morgan fingerprint density at radius 1 is 0.868 bits per heavy atom. The Kier molecular flexibility index (Phi) is 8.60. The van der Waals surface area contributed by atoms with Crippen LogP contribution in [-0.2, 0) is 31.9 Å². The maximum absolute atomic E-state index is 13.3. The molecule has 0 aromatic heterocycles. The number of rotatable bonds is 11. The van der Waals surface area contributed by atoms with Crippen molar-refractivity contribution in [3.63, 3.8) is 0 Å². The summed E-state index contributed by atoms with van der Waals surface area (Å²) < 4.78 is 24.2. The molecule has 2 amide bonds. The molecule has 0 bridgehead atoms. The molecule has 0 saturated heterocycles. The van der Waals surface area contributed by atoms with Gasteiger partial charge in [0.2, 0.25) is 0 Å². The first-order valence-electron chi connectivity index (χ1n) is 12.6. The van der Waals surface area contributed by atoms with Crippen LogP contribution in [0.25, 0.3) is 0 Å². The number of fused-ring (bicyclic) bond motifs is 1. The van der Waals surface area contributed by atoms with Crippen molar-refractivity contribution in [2.45, 2.75) is 38.6 Å². The molecule has 0 saturated carbocycles. The van der Waals surface area contributed by atoms with Crippen LogP contribution in [0.1, 0.15) is 52.1 Å². The lowest BCUT2D eigenvalue weighted by Crippen LogP contribution is -2.43. The van der Waals surface area contributed by atoms with E-state index in [0.717, 1.165) is 16.0 Å². The minimum absolute atomic E-state index is 0.122. The third-order valence-electron chi connectivity index (χ3n) is 6.85. The summed E-state index contributed by atoms with van der Waals surface area (Å²) in [5, 5.41) is -1.24. The fourth-order valence-electron chi connectivity index (χ4n) is 4.81. The van der Waals surface area contributed by atoms with Gasteiger partial charge in [0.25, 0.3) is 11.8 Å². The normalized spacial score (nSPS) is 15.6. The third kappa shape index (κ3) is 5.64. The van der Waals surface area contributed by atoms with E-state index in [0.29, 0.717) is 23.2 Å². The second-order valence-electron chi connectivity index (χ2n) is 9.89. The van der Waals surface area contributed by atoms with Gasteiger partial charge in [0.05, 0.1) is 31.2 Å². The first kappa shape index (κ1) is 27.5. The van der Waals surface area contributed by atoms with Gasteiger partial charge >= 0.3 is 5.97 Å². The third-order valence-corrected chi connectivity index (χ3v) is 8.10. The predicted molar refractivity (Wildman–Crippen MR) is 147 cm³/mol. The van der Waals surface area contributed by atoms with Crippen LogP contribution in [0.3, 0.4) is 0 Å². The molecule has 1 aliphatic heterocycles. The van der Waals surface area contributed by atoms with E-state index in [9.17, 15) is 18.9 Å². The number of carbonyl (C=O) groups excluding carboxylic acids is 3. The SMILES string of the molecule is COC(Cc1ccc(N2C(=O)c3ccccc3C2=O)cc1)([PH2]=O)C(CC(C)C)C(=O)OCc1ccccc1. The van der Waals surface area contributed by atoms with Crippen LogP contribution in [0.2, 0.25) is 0 Å². The van der Waals surface area contributed by atoms with Crippen LogP contribution in [0.5, 0.6) is 0 Å². The van der Waals surface area contributed by atoms with Crippen molar-refractivity contribution in [2.75, 3.05) is 12.0 Å². The fourth-order valence-corrected chi connectivity index (χ4v) is 5.66. The molecule has 38 heavy (non-hydrogen) atoms. The maximum atomic E-state index is 13.3. The molecule has 198 valence electrons. The van der Waals surface area contributed by atoms with Gasteiger partial charge in [0, 0.05) is 13.5 Å². The summed E-state index contributed by atoms with van der Waals surface area (Å²) in [6, 6.07) is 23.0. The standard InChI is InChI=1S/C30H32NO6P/c1-20(2)17-26(29(34)37-19-22-9-5-4-6-10-22)30(36-3,38-35)18-21-13-15-23(16-14-21)31-27(32)24-11-7-8-12-25(24)28(31)33/h4-16,20,26H,17-19,38H2,1-3H3. The maximum Gasteiger partial charge on any atom is 0.312 e. The van der Waals surface area contributed by atoms with Crippen LogP contribution >= 0.6 is 8.46 Å². The van der Waals surface area contributed by atoms with Gasteiger partial charge in [-0.25, -0.2) is 4.90 Å². The monoisotopic (exact) mass is 533 g/mol. The number of hydrogen-bond acceptors (Lipinski definition) is 6.